The number of benzene rings is 2. The van der Waals surface area contributed by atoms with Crippen molar-refractivity contribution in [3.8, 4) is 0 Å². The van der Waals surface area contributed by atoms with Crippen molar-refractivity contribution in [2.75, 3.05) is 0 Å². The van der Waals surface area contributed by atoms with Gasteiger partial charge in [-0.2, -0.15) is 4.73 Å². The summed E-state index contributed by atoms with van der Waals surface area (Å²) in [7, 11) is 0. The van der Waals surface area contributed by atoms with Crippen molar-refractivity contribution < 1.29 is 14.3 Å². The van der Waals surface area contributed by atoms with Crippen LogP contribution in [-0.2, 0) is 0 Å². The molecule has 3 aromatic rings. The van der Waals surface area contributed by atoms with E-state index in [4.69, 9.17) is 0 Å². The number of nitrogens with zero attached hydrogens (tertiary/aromatic N) is 1. The van der Waals surface area contributed by atoms with E-state index in [0.29, 0.717) is 15.9 Å². The van der Waals surface area contributed by atoms with Crippen LogP contribution in [0.15, 0.2) is 85.2 Å². The second kappa shape index (κ2) is 8.21. The molecular formula is C22H19NO3. The van der Waals surface area contributed by atoms with Crippen LogP contribution in [-0.4, -0.2) is 11.6 Å². The lowest BCUT2D eigenvalue weighted by Crippen LogP contribution is -2.24. The van der Waals surface area contributed by atoms with E-state index in [0.717, 1.165) is 5.56 Å². The van der Waals surface area contributed by atoms with E-state index in [-0.39, 0.29) is 30.3 Å². The maximum atomic E-state index is 12.6. The smallest absolute Gasteiger partial charge is 0.180 e. The summed E-state index contributed by atoms with van der Waals surface area (Å²) >= 11 is 0. The van der Waals surface area contributed by atoms with Gasteiger partial charge in [-0.05, 0) is 11.5 Å². The standard InChI is InChI=1S/C22H19NO3/c24-21(18-7-3-1-4-8-18)15-20(17-11-13-23(26)14-12-17)16-22(25)19-9-5-2-6-10-19/h1-14,20H,15-16H2. The summed E-state index contributed by atoms with van der Waals surface area (Å²) in [5.74, 6) is -0.317. The molecule has 0 bridgehead atoms. The van der Waals surface area contributed by atoms with E-state index in [9.17, 15) is 14.8 Å². The minimum absolute atomic E-state index is 0.0182. The molecule has 4 nitrogen and oxygen atoms in total. The van der Waals surface area contributed by atoms with Gasteiger partial charge < -0.3 is 5.21 Å². The number of hydrogen-bond acceptors (Lipinski definition) is 3. The maximum absolute atomic E-state index is 12.6. The summed E-state index contributed by atoms with van der Waals surface area (Å²) in [6.07, 6.45) is 3.21. The molecule has 0 aliphatic carbocycles. The Morgan fingerprint density at radius 3 is 1.58 bits per heavy atom. The number of hydrogen-bond donors (Lipinski definition) is 0. The van der Waals surface area contributed by atoms with Gasteiger partial charge >= 0.3 is 0 Å². The van der Waals surface area contributed by atoms with Crippen molar-refractivity contribution in [3.63, 3.8) is 0 Å². The molecule has 0 saturated heterocycles. The number of carbonyl (C=O) groups excluding carboxylic acids is 2. The van der Waals surface area contributed by atoms with Crippen LogP contribution in [0, 0.1) is 5.21 Å². The largest absolute Gasteiger partial charge is 0.619 e. The van der Waals surface area contributed by atoms with Crippen LogP contribution in [0.25, 0.3) is 0 Å². The Morgan fingerprint density at radius 1 is 0.731 bits per heavy atom. The molecule has 0 unspecified atom stereocenters. The Labute approximate surface area is 152 Å². The van der Waals surface area contributed by atoms with Gasteiger partial charge in [0.15, 0.2) is 24.0 Å². The average Bonchev–Trinajstić information content (AvgIpc) is 2.69. The van der Waals surface area contributed by atoms with Gasteiger partial charge in [-0.25, -0.2) is 0 Å². The molecule has 26 heavy (non-hydrogen) atoms. The molecule has 0 saturated carbocycles. The molecule has 0 aliphatic rings. The molecule has 3 rings (SSSR count). The van der Waals surface area contributed by atoms with E-state index in [2.05, 4.69) is 0 Å². The average molecular weight is 345 g/mol. The Balaban J connectivity index is 1.83. The summed E-state index contributed by atoms with van der Waals surface area (Å²) < 4.78 is 0.693. The predicted molar refractivity (Wildman–Crippen MR) is 98.9 cm³/mol. The Bertz CT molecular complexity index is 821. The first-order valence-electron chi connectivity index (χ1n) is 8.48. The van der Waals surface area contributed by atoms with Gasteiger partial charge in [-0.3, -0.25) is 9.59 Å². The first-order chi connectivity index (χ1) is 12.6. The fraction of sp³-hybridized carbons (Fsp3) is 0.136. The number of pyridine rings is 1. The second-order valence-electron chi connectivity index (χ2n) is 6.17. The van der Waals surface area contributed by atoms with E-state index < -0.39 is 0 Å². The minimum atomic E-state index is -0.281. The fourth-order valence-corrected chi connectivity index (χ4v) is 2.94. The zero-order chi connectivity index (χ0) is 18.4. The molecule has 0 aliphatic heterocycles. The van der Waals surface area contributed by atoms with Crippen LogP contribution < -0.4 is 4.73 Å². The lowest BCUT2D eigenvalue weighted by molar-refractivity contribution is -0.605. The Morgan fingerprint density at radius 2 is 1.15 bits per heavy atom. The summed E-state index contributed by atoms with van der Waals surface area (Å²) in [6, 6.07) is 21.4. The van der Waals surface area contributed by atoms with Gasteiger partial charge in [0, 0.05) is 36.1 Å². The summed E-state index contributed by atoms with van der Waals surface area (Å²) in [5.41, 5.74) is 2.06. The van der Waals surface area contributed by atoms with Crippen LogP contribution in [0.2, 0.25) is 0 Å². The highest BCUT2D eigenvalue weighted by molar-refractivity contribution is 5.99. The monoisotopic (exact) mass is 345 g/mol. The van der Waals surface area contributed by atoms with Crippen LogP contribution >= 0.6 is 0 Å². The van der Waals surface area contributed by atoms with Gasteiger partial charge in [0.25, 0.3) is 0 Å². The fourth-order valence-electron chi connectivity index (χ4n) is 2.94. The van der Waals surface area contributed by atoms with Crippen LogP contribution in [0.4, 0.5) is 0 Å². The summed E-state index contributed by atoms with van der Waals surface area (Å²) in [5, 5.41) is 11.3. The second-order valence-corrected chi connectivity index (χ2v) is 6.17. The zero-order valence-electron chi connectivity index (χ0n) is 14.2. The molecule has 0 atom stereocenters. The lowest BCUT2D eigenvalue weighted by Gasteiger charge is -2.16. The first-order valence-corrected chi connectivity index (χ1v) is 8.48. The van der Waals surface area contributed by atoms with Crippen LogP contribution in [0.3, 0.4) is 0 Å². The highest BCUT2D eigenvalue weighted by Crippen LogP contribution is 2.26. The zero-order valence-corrected chi connectivity index (χ0v) is 14.2. The molecule has 2 aromatic carbocycles. The van der Waals surface area contributed by atoms with Gasteiger partial charge in [-0.15, -0.1) is 0 Å². The first kappa shape index (κ1) is 17.5. The normalized spacial score (nSPS) is 10.7. The molecule has 0 amide bonds. The molecule has 0 spiro atoms. The minimum Gasteiger partial charge on any atom is -0.619 e. The van der Waals surface area contributed by atoms with Crippen molar-refractivity contribution in [1.29, 1.82) is 0 Å². The SMILES string of the molecule is O=C(CC(CC(=O)c1ccccc1)c1cc[n+]([O-])cc1)c1ccccc1. The lowest BCUT2D eigenvalue weighted by atomic mass is 9.87. The third kappa shape index (κ3) is 4.42. The van der Waals surface area contributed by atoms with Crippen molar-refractivity contribution in [3.05, 3.63) is 107 Å². The number of carbonyl (C=O) groups is 2. The number of rotatable bonds is 7. The number of Topliss-reactive ketones (excluding diaryl/α,β-unsaturated/α-hetero) is 2. The Kier molecular flexibility index (Phi) is 5.54. The molecule has 1 aromatic heterocycles. The third-order valence-corrected chi connectivity index (χ3v) is 4.35. The molecule has 0 N–H and O–H groups in total. The van der Waals surface area contributed by atoms with Gasteiger partial charge in [0.1, 0.15) is 0 Å². The van der Waals surface area contributed by atoms with Crippen LogP contribution in [0.1, 0.15) is 45.0 Å². The summed E-state index contributed by atoms with van der Waals surface area (Å²) in [4.78, 5) is 25.3. The Hall–Kier alpha value is -3.27. The van der Waals surface area contributed by atoms with E-state index >= 15 is 0 Å². The molecule has 0 fully saturated rings. The van der Waals surface area contributed by atoms with E-state index in [1.807, 2.05) is 36.4 Å². The van der Waals surface area contributed by atoms with E-state index in [1.54, 1.807) is 36.4 Å². The van der Waals surface area contributed by atoms with Crippen molar-refractivity contribution in [2.24, 2.45) is 0 Å². The van der Waals surface area contributed by atoms with Crippen molar-refractivity contribution >= 4 is 11.6 Å². The quantitative estimate of drug-likeness (QED) is 0.370. The number of aromatic nitrogens is 1. The number of ketones is 2. The van der Waals surface area contributed by atoms with Crippen molar-refractivity contribution in [1.82, 2.24) is 0 Å². The van der Waals surface area contributed by atoms with Gasteiger partial charge in [0.2, 0.25) is 0 Å². The molecule has 1 heterocycles. The van der Waals surface area contributed by atoms with E-state index in [1.165, 1.54) is 12.4 Å². The molecule has 4 heteroatoms. The van der Waals surface area contributed by atoms with Gasteiger partial charge in [-0.1, -0.05) is 60.7 Å². The maximum Gasteiger partial charge on any atom is 0.180 e. The topological polar surface area (TPSA) is 61.1 Å². The highest BCUT2D eigenvalue weighted by Gasteiger charge is 2.21. The molecule has 130 valence electrons. The van der Waals surface area contributed by atoms with Crippen LogP contribution in [0.5, 0.6) is 0 Å². The molecular weight excluding hydrogens is 326 g/mol. The molecule has 0 radical (unpaired) electrons. The summed E-state index contributed by atoms with van der Waals surface area (Å²) in [6.45, 7) is 0. The van der Waals surface area contributed by atoms with Gasteiger partial charge in [0.05, 0.1) is 0 Å². The third-order valence-electron chi connectivity index (χ3n) is 4.35. The predicted octanol–water partition coefficient (Wildman–Crippen LogP) is 3.95. The highest BCUT2D eigenvalue weighted by atomic mass is 16.5. The van der Waals surface area contributed by atoms with Crippen molar-refractivity contribution in [2.45, 2.75) is 18.8 Å².